The minimum atomic E-state index is -1.04. The number of hydrogen-bond acceptors (Lipinski definition) is 19. The molecule has 81 heavy (non-hydrogen) atoms. The third-order valence-corrected chi connectivity index (χ3v) is 14.6. The van der Waals surface area contributed by atoms with E-state index < -0.39 is 52.5 Å². The molecule has 7 heterocycles. The van der Waals surface area contributed by atoms with Crippen molar-refractivity contribution in [2.75, 3.05) is 58.4 Å². The molecule has 0 aliphatic carbocycles. The largest absolute Gasteiger partial charge is 0.503 e. The molecule has 0 radical (unpaired) electrons. The Hall–Kier alpha value is -7.55. The van der Waals surface area contributed by atoms with Crippen LogP contribution in [0.15, 0.2) is 140 Å². The van der Waals surface area contributed by atoms with Crippen LogP contribution in [0.25, 0.3) is 22.3 Å². The summed E-state index contributed by atoms with van der Waals surface area (Å²) in [6, 6.07) is 22.1. The number of carbonyl (C=O) groups is 6. The first-order chi connectivity index (χ1) is 38.9. The molecule has 18 nitrogen and oxygen atoms in total. The van der Waals surface area contributed by atoms with Gasteiger partial charge < -0.3 is 44.0 Å². The van der Waals surface area contributed by atoms with Gasteiger partial charge in [-0.25, -0.2) is 9.78 Å². The fourth-order valence-electron chi connectivity index (χ4n) is 8.51. The van der Waals surface area contributed by atoms with E-state index >= 15 is 0 Å². The number of aliphatic hydroxyl groups excluding tert-OH is 1. The molecule has 1 amide bonds. The number of benzene rings is 2. The number of Topliss-reactive ketones (excluding diaryl/α,β-unsaturated/α-hetero) is 3. The molecule has 5 aromatic rings. The van der Waals surface area contributed by atoms with Gasteiger partial charge in [0.05, 0.1) is 58.0 Å². The molecular formula is C61H69N4O14S2+. The van der Waals surface area contributed by atoms with Crippen LogP contribution in [-0.2, 0) is 57.2 Å². The summed E-state index contributed by atoms with van der Waals surface area (Å²) in [5.74, 6) is -3.23. The van der Waals surface area contributed by atoms with Crippen LogP contribution in [0.1, 0.15) is 84.2 Å². The Kier molecular flexibility index (Phi) is 23.4. The van der Waals surface area contributed by atoms with E-state index in [-0.39, 0.29) is 43.0 Å². The molecule has 0 spiro atoms. The highest BCUT2D eigenvalue weighted by Gasteiger charge is 2.49. The van der Waals surface area contributed by atoms with Gasteiger partial charge in [0.15, 0.2) is 42.2 Å². The van der Waals surface area contributed by atoms with Gasteiger partial charge >= 0.3 is 11.9 Å². The lowest BCUT2D eigenvalue weighted by Crippen LogP contribution is -2.37. The van der Waals surface area contributed by atoms with Gasteiger partial charge in [-0.2, -0.15) is 22.7 Å². The van der Waals surface area contributed by atoms with Crippen LogP contribution in [0.5, 0.6) is 5.88 Å². The normalized spacial score (nSPS) is 17.7. The fourth-order valence-corrected chi connectivity index (χ4v) is 9.84. The zero-order chi connectivity index (χ0) is 58.5. The van der Waals surface area contributed by atoms with Gasteiger partial charge in [0, 0.05) is 41.8 Å². The van der Waals surface area contributed by atoms with Crippen LogP contribution in [0.3, 0.4) is 0 Å². The number of nitrogens with two attached hydrogens (primary N) is 1. The van der Waals surface area contributed by atoms with Crippen LogP contribution in [0.2, 0.25) is 0 Å². The number of nitrogen functional groups attached to an aromatic ring is 1. The number of anilines is 2. The molecule has 3 atom stereocenters. The van der Waals surface area contributed by atoms with Gasteiger partial charge in [-0.05, 0) is 136 Å². The lowest BCUT2D eigenvalue weighted by Gasteiger charge is -2.32. The molecule has 3 N–H and O–H groups in total. The second kappa shape index (κ2) is 30.3. The van der Waals surface area contributed by atoms with Crippen molar-refractivity contribution in [3.8, 4) is 28.1 Å². The predicted molar refractivity (Wildman–Crippen MR) is 310 cm³/mol. The smallest absolute Gasteiger partial charge is 0.374 e. The Labute approximate surface area is 480 Å². The van der Waals surface area contributed by atoms with Crippen LogP contribution in [0, 0.1) is 10.8 Å². The molecule has 0 saturated carbocycles. The Morgan fingerprint density at radius 3 is 1.86 bits per heavy atom. The summed E-state index contributed by atoms with van der Waals surface area (Å²) in [4.78, 5) is 81.8. The van der Waals surface area contributed by atoms with E-state index in [2.05, 4.69) is 37.8 Å². The first-order valence-corrected chi connectivity index (χ1v) is 28.1. The van der Waals surface area contributed by atoms with Gasteiger partial charge in [-0.15, -0.1) is 0 Å². The maximum atomic E-state index is 14.1. The van der Waals surface area contributed by atoms with Gasteiger partial charge in [0.1, 0.15) is 17.9 Å². The van der Waals surface area contributed by atoms with Crippen molar-refractivity contribution < 1.29 is 67.0 Å². The van der Waals surface area contributed by atoms with Crippen molar-refractivity contribution in [3.05, 3.63) is 141 Å². The first kappa shape index (κ1) is 62.6. The summed E-state index contributed by atoms with van der Waals surface area (Å²) < 4.78 is 37.2. The second-order valence-corrected chi connectivity index (χ2v) is 21.7. The lowest BCUT2D eigenvalue weighted by molar-refractivity contribution is -0.179. The summed E-state index contributed by atoms with van der Waals surface area (Å²) >= 11 is 3.31. The molecule has 2 saturated heterocycles. The SMILES string of the molecule is COC(=O)C(=O)CC(=O)C(C)(C)COC1CCCCO1.COC1=C(C=O)C=C[C+]=N1.COc1ncccc1C1C(C(=O)C(C)(C)COC2CCCCO2)=C(O)C(=O)N1c1ccc(-c2ccsc2)cc1.Nc1ccc(-c2ccsc2)cc1. The first-order valence-electron chi connectivity index (χ1n) is 26.2. The Bertz CT molecular complexity index is 3030. The lowest BCUT2D eigenvalue weighted by atomic mass is 9.81. The minimum Gasteiger partial charge on any atom is -0.503 e. The maximum absolute atomic E-state index is 14.1. The van der Waals surface area contributed by atoms with Gasteiger partial charge in [0.2, 0.25) is 11.7 Å². The van der Waals surface area contributed by atoms with E-state index in [1.54, 1.807) is 80.9 Å². The Morgan fingerprint density at radius 2 is 1.37 bits per heavy atom. The van der Waals surface area contributed by atoms with E-state index in [9.17, 15) is 33.9 Å². The molecule has 20 heteroatoms. The number of rotatable bonds is 19. The minimum absolute atomic E-state index is 0.00799. The summed E-state index contributed by atoms with van der Waals surface area (Å²) in [5.41, 5.74) is 10.5. The number of ketones is 3. The van der Waals surface area contributed by atoms with E-state index in [1.165, 1.54) is 30.2 Å². The molecular weight excluding hydrogens is 1080 g/mol. The van der Waals surface area contributed by atoms with E-state index in [4.69, 9.17) is 34.2 Å². The van der Waals surface area contributed by atoms with Gasteiger partial charge in [0.25, 0.3) is 5.91 Å². The second-order valence-electron chi connectivity index (χ2n) is 20.1. The third kappa shape index (κ3) is 17.2. The fraction of sp³-hybridized carbons (Fsp3) is 0.377. The number of thiophene rings is 2. The third-order valence-electron chi connectivity index (χ3n) is 13.2. The molecule has 3 unspecified atom stereocenters. The molecule has 428 valence electrons. The van der Waals surface area contributed by atoms with Crippen molar-refractivity contribution in [1.82, 2.24) is 4.98 Å². The molecule has 4 aliphatic heterocycles. The molecule has 2 aromatic carbocycles. The highest BCUT2D eigenvalue weighted by atomic mass is 32.1. The number of ether oxygens (including phenoxy) is 7. The number of aromatic nitrogens is 1. The highest BCUT2D eigenvalue weighted by Crippen LogP contribution is 2.46. The van der Waals surface area contributed by atoms with E-state index in [0.29, 0.717) is 42.2 Å². The quantitative estimate of drug-likeness (QED) is 0.0195. The van der Waals surface area contributed by atoms with Crippen LogP contribution < -0.4 is 15.4 Å². The number of hydrogen-bond donors (Lipinski definition) is 2. The number of carbonyl (C=O) groups excluding carboxylic acids is 6. The molecule has 0 bridgehead atoms. The predicted octanol–water partition coefficient (Wildman–Crippen LogP) is 10.7. The number of aliphatic imine (C=N–C) groups is 1. The number of aldehydes is 1. The van der Waals surface area contributed by atoms with Crippen LogP contribution >= 0.6 is 22.7 Å². The molecule has 9 rings (SSSR count). The summed E-state index contributed by atoms with van der Waals surface area (Å²) in [6.45, 7) is 8.39. The monoisotopic (exact) mass is 1150 g/mol. The Morgan fingerprint density at radius 1 is 0.790 bits per heavy atom. The number of aliphatic hydroxyl groups is 1. The summed E-state index contributed by atoms with van der Waals surface area (Å²) in [6.07, 6.45) is 12.5. The number of pyridine rings is 1. The van der Waals surface area contributed by atoms with E-state index in [0.717, 1.165) is 62.4 Å². The summed E-state index contributed by atoms with van der Waals surface area (Å²) in [7, 11) is 4.05. The number of methoxy groups -OCH3 is 3. The number of allylic oxidation sites excluding steroid dienone is 3. The van der Waals surface area contributed by atoms with Crippen molar-refractivity contribution in [1.29, 1.82) is 0 Å². The topological polar surface area (TPSA) is 242 Å². The average Bonchev–Trinajstić information content (AvgIpc) is 4.43. The Balaban J connectivity index is 0.000000207. The number of esters is 1. The van der Waals surface area contributed by atoms with Crippen molar-refractivity contribution >= 4 is 75.8 Å². The van der Waals surface area contributed by atoms with Crippen molar-refractivity contribution in [2.45, 2.75) is 91.3 Å². The zero-order valence-electron chi connectivity index (χ0n) is 46.5. The van der Waals surface area contributed by atoms with Crippen LogP contribution in [0.4, 0.5) is 11.4 Å². The maximum Gasteiger partial charge on any atom is 0.374 e. The number of nitrogens with zero attached hydrogens (tertiary/aromatic N) is 3. The van der Waals surface area contributed by atoms with Crippen molar-refractivity contribution in [3.63, 3.8) is 0 Å². The van der Waals surface area contributed by atoms with E-state index in [1.807, 2.05) is 65.4 Å². The highest BCUT2D eigenvalue weighted by molar-refractivity contribution is 7.08. The zero-order valence-corrected chi connectivity index (χ0v) is 48.2. The van der Waals surface area contributed by atoms with Crippen molar-refractivity contribution in [2.24, 2.45) is 15.8 Å². The number of amides is 1. The molecule has 3 aromatic heterocycles. The van der Waals surface area contributed by atoms with Crippen LogP contribution in [-0.4, -0.2) is 112 Å². The summed E-state index contributed by atoms with van der Waals surface area (Å²) in [5, 5.41) is 19.4. The van der Waals surface area contributed by atoms with Gasteiger partial charge in [-0.3, -0.25) is 28.9 Å². The van der Waals surface area contributed by atoms with Gasteiger partial charge in [-0.1, -0.05) is 52.0 Å². The standard InChI is InChI=1S/C30H32N2O6S.C14H22O6.C10H9NS.C7H6NO2/c1-30(2,18-38-23-8-4-5-15-37-23)27(34)24-25(22-7-6-14-31-28(22)36-3)32(29(35)26(24)33)21-11-9-19(10-12-21)20-13-16-39-17-20;1-14(2,9-20-12-6-4-5-7-19-12)11(16)8-10(15)13(17)18-3;11-10-3-1-8(2-4-10)9-5-6-12-7-9;1-10-7-6(5-9)3-2-4-8-7/h6-7,9-14,16-17,23,25,33H,4-5,8,15,18H2,1-3H3;12H,4-9H2,1-3H3;1-7H,11H2;2-3,5H,1H3/q;;;+1. The molecule has 2 fully saturated rings. The molecule has 4 aliphatic rings. The average molecular weight is 1150 g/mol.